The maximum atomic E-state index is 12.5. The number of aryl methyl sites for hydroxylation is 1. The van der Waals surface area contributed by atoms with E-state index in [4.69, 9.17) is 14.0 Å². The lowest BCUT2D eigenvalue weighted by Gasteiger charge is -2.30. The van der Waals surface area contributed by atoms with Crippen LogP contribution in [0.15, 0.2) is 22.7 Å². The molecule has 5 rings (SSSR count). The maximum absolute atomic E-state index is 12.5. The molecule has 1 saturated carbocycles. The zero-order valence-corrected chi connectivity index (χ0v) is 19.4. The fourth-order valence-electron chi connectivity index (χ4n) is 4.73. The van der Waals surface area contributed by atoms with Crippen LogP contribution >= 0.6 is 0 Å². The predicted molar refractivity (Wildman–Crippen MR) is 124 cm³/mol. The number of hydrogen-bond donors (Lipinski definition) is 1. The Hall–Kier alpha value is -2.61. The molecule has 1 amide bonds. The second-order valence-corrected chi connectivity index (χ2v) is 9.64. The van der Waals surface area contributed by atoms with Crippen molar-refractivity contribution in [2.75, 3.05) is 37.8 Å². The van der Waals surface area contributed by atoms with Gasteiger partial charge in [-0.05, 0) is 81.5 Å². The Morgan fingerprint density at radius 2 is 2.06 bits per heavy atom. The Morgan fingerprint density at radius 1 is 1.21 bits per heavy atom. The van der Waals surface area contributed by atoms with Gasteiger partial charge in [-0.25, -0.2) is 0 Å². The molecule has 2 aromatic rings. The first kappa shape index (κ1) is 22.2. The number of benzene rings is 1. The molecular weight excluding hydrogens is 420 g/mol. The van der Waals surface area contributed by atoms with Gasteiger partial charge in [-0.1, -0.05) is 5.16 Å². The Morgan fingerprint density at radius 3 is 2.79 bits per heavy atom. The van der Waals surface area contributed by atoms with Crippen molar-refractivity contribution < 1.29 is 18.8 Å². The van der Waals surface area contributed by atoms with Crippen molar-refractivity contribution in [2.24, 2.45) is 5.92 Å². The average Bonchev–Trinajstić information content (AvgIpc) is 3.32. The number of nitrogens with zero attached hydrogens (tertiary/aromatic N) is 3. The molecule has 3 aliphatic rings. The third-order valence-corrected chi connectivity index (χ3v) is 6.99. The van der Waals surface area contributed by atoms with Gasteiger partial charge in [0.05, 0.1) is 19.3 Å². The fraction of sp³-hybridized carbons (Fsp3) is 0.640. The van der Waals surface area contributed by atoms with E-state index < -0.39 is 0 Å². The second-order valence-electron chi connectivity index (χ2n) is 9.64. The van der Waals surface area contributed by atoms with Crippen LogP contribution in [-0.4, -0.2) is 55.0 Å². The van der Waals surface area contributed by atoms with Crippen LogP contribution in [0.5, 0.6) is 5.75 Å². The number of carbonyl (C=O) groups is 1. The van der Waals surface area contributed by atoms with Gasteiger partial charge in [0.2, 0.25) is 0 Å². The number of nitrogens with one attached hydrogen (secondary N) is 1. The molecule has 1 unspecified atom stereocenters. The lowest BCUT2D eigenvalue weighted by molar-refractivity contribution is 0.0929. The standard InChI is InChI=1S/C25H34N4O4/c1-17-15-21(6-7-22(17)24(30)26-20-10-14-31-16-20)32-13-2-3-18-8-11-29(12-9-18)25-27-23(28-33-25)19-4-5-19/h6-7,15,18-20H,2-5,8-14,16H2,1H3,(H,26,30). The van der Waals surface area contributed by atoms with Gasteiger partial charge in [0.1, 0.15) is 5.75 Å². The zero-order chi connectivity index (χ0) is 22.6. The summed E-state index contributed by atoms with van der Waals surface area (Å²) in [6, 6.07) is 6.53. The highest BCUT2D eigenvalue weighted by Gasteiger charge is 2.30. The summed E-state index contributed by atoms with van der Waals surface area (Å²) < 4.78 is 16.8. The molecule has 8 heteroatoms. The van der Waals surface area contributed by atoms with Crippen molar-refractivity contribution in [1.29, 1.82) is 0 Å². The van der Waals surface area contributed by atoms with Crippen molar-refractivity contribution in [3.05, 3.63) is 35.2 Å². The van der Waals surface area contributed by atoms with Gasteiger partial charge >= 0.3 is 6.01 Å². The topological polar surface area (TPSA) is 89.7 Å². The molecular formula is C25H34N4O4. The van der Waals surface area contributed by atoms with Gasteiger partial charge in [-0.15, -0.1) is 0 Å². The van der Waals surface area contributed by atoms with Crippen LogP contribution in [0.2, 0.25) is 0 Å². The molecule has 3 heterocycles. The van der Waals surface area contributed by atoms with Gasteiger partial charge < -0.3 is 24.2 Å². The average molecular weight is 455 g/mol. The van der Waals surface area contributed by atoms with E-state index in [1.54, 1.807) is 0 Å². The quantitative estimate of drug-likeness (QED) is 0.576. The summed E-state index contributed by atoms with van der Waals surface area (Å²) in [5.41, 5.74) is 1.63. The number of piperidine rings is 1. The SMILES string of the molecule is Cc1cc(OCCCC2CCN(c3nc(C4CC4)no3)CC2)ccc1C(=O)NC1CCOC1. The Bertz CT molecular complexity index is 944. The Balaban J connectivity index is 1.01. The minimum absolute atomic E-state index is 0.0369. The minimum Gasteiger partial charge on any atom is -0.494 e. The molecule has 178 valence electrons. The van der Waals surface area contributed by atoms with E-state index >= 15 is 0 Å². The molecule has 0 radical (unpaired) electrons. The molecule has 0 spiro atoms. The predicted octanol–water partition coefficient (Wildman–Crippen LogP) is 3.85. The molecule has 1 aliphatic carbocycles. The van der Waals surface area contributed by atoms with Crippen molar-refractivity contribution in [1.82, 2.24) is 15.5 Å². The normalized spacial score (nSPS) is 21.4. The Kier molecular flexibility index (Phi) is 6.80. The van der Waals surface area contributed by atoms with E-state index in [1.807, 2.05) is 25.1 Å². The number of amides is 1. The molecule has 1 aromatic carbocycles. The van der Waals surface area contributed by atoms with E-state index in [9.17, 15) is 4.79 Å². The van der Waals surface area contributed by atoms with Gasteiger partial charge in [-0.2, -0.15) is 4.98 Å². The third-order valence-electron chi connectivity index (χ3n) is 6.99. The van der Waals surface area contributed by atoms with E-state index in [-0.39, 0.29) is 11.9 Å². The van der Waals surface area contributed by atoms with Crippen molar-refractivity contribution in [2.45, 2.75) is 63.8 Å². The zero-order valence-electron chi connectivity index (χ0n) is 19.4. The number of rotatable bonds is 9. The molecule has 1 N–H and O–H groups in total. The van der Waals surface area contributed by atoms with Crippen LogP contribution in [0.3, 0.4) is 0 Å². The molecule has 1 atom stereocenters. The van der Waals surface area contributed by atoms with Gasteiger partial charge in [0.25, 0.3) is 5.91 Å². The number of anilines is 1. The smallest absolute Gasteiger partial charge is 0.324 e. The molecule has 8 nitrogen and oxygen atoms in total. The first-order chi connectivity index (χ1) is 16.2. The van der Waals surface area contributed by atoms with Crippen LogP contribution in [0.4, 0.5) is 6.01 Å². The van der Waals surface area contributed by atoms with E-state index in [1.165, 1.54) is 12.8 Å². The maximum Gasteiger partial charge on any atom is 0.324 e. The summed E-state index contributed by atoms with van der Waals surface area (Å²) in [4.78, 5) is 19.3. The summed E-state index contributed by atoms with van der Waals surface area (Å²) in [5, 5.41) is 7.18. The van der Waals surface area contributed by atoms with Crippen molar-refractivity contribution in [3.63, 3.8) is 0 Å². The van der Waals surface area contributed by atoms with Crippen LogP contribution < -0.4 is 15.0 Å². The van der Waals surface area contributed by atoms with Crippen LogP contribution in [0, 0.1) is 12.8 Å². The van der Waals surface area contributed by atoms with Gasteiger partial charge in [0.15, 0.2) is 5.82 Å². The molecule has 2 aliphatic heterocycles. The highest BCUT2D eigenvalue weighted by molar-refractivity contribution is 5.96. The lowest BCUT2D eigenvalue weighted by Crippen LogP contribution is -2.35. The Labute approximate surface area is 195 Å². The van der Waals surface area contributed by atoms with Crippen molar-refractivity contribution in [3.8, 4) is 5.75 Å². The summed E-state index contributed by atoms with van der Waals surface area (Å²) in [6.07, 6.45) is 7.75. The summed E-state index contributed by atoms with van der Waals surface area (Å²) >= 11 is 0. The van der Waals surface area contributed by atoms with E-state index in [0.717, 1.165) is 68.9 Å². The van der Waals surface area contributed by atoms with Crippen LogP contribution in [0.25, 0.3) is 0 Å². The molecule has 33 heavy (non-hydrogen) atoms. The number of aromatic nitrogens is 2. The van der Waals surface area contributed by atoms with Crippen LogP contribution in [-0.2, 0) is 4.74 Å². The van der Waals surface area contributed by atoms with E-state index in [0.29, 0.717) is 36.6 Å². The fourth-order valence-corrected chi connectivity index (χ4v) is 4.73. The van der Waals surface area contributed by atoms with E-state index in [2.05, 4.69) is 20.4 Å². The molecule has 1 aromatic heterocycles. The highest BCUT2D eigenvalue weighted by atomic mass is 16.5. The molecule has 3 fully saturated rings. The largest absolute Gasteiger partial charge is 0.494 e. The first-order valence-corrected chi connectivity index (χ1v) is 12.4. The number of ether oxygens (including phenoxy) is 2. The lowest BCUT2D eigenvalue weighted by atomic mass is 9.92. The summed E-state index contributed by atoms with van der Waals surface area (Å²) in [5.74, 6) is 2.92. The molecule has 2 saturated heterocycles. The second kappa shape index (κ2) is 10.1. The third kappa shape index (κ3) is 5.66. The van der Waals surface area contributed by atoms with Crippen LogP contribution in [0.1, 0.15) is 72.6 Å². The monoisotopic (exact) mass is 454 g/mol. The summed E-state index contributed by atoms with van der Waals surface area (Å²) in [6.45, 7) is 5.93. The number of hydrogen-bond acceptors (Lipinski definition) is 7. The van der Waals surface area contributed by atoms with Gasteiger partial charge in [-0.3, -0.25) is 4.79 Å². The summed E-state index contributed by atoms with van der Waals surface area (Å²) in [7, 11) is 0. The van der Waals surface area contributed by atoms with Crippen molar-refractivity contribution >= 4 is 11.9 Å². The van der Waals surface area contributed by atoms with Gasteiger partial charge in [0, 0.05) is 31.2 Å². The first-order valence-electron chi connectivity index (χ1n) is 12.4. The number of carbonyl (C=O) groups excluding carboxylic acids is 1. The highest BCUT2D eigenvalue weighted by Crippen LogP contribution is 2.39. The minimum atomic E-state index is -0.0369. The molecule has 0 bridgehead atoms.